The molecule has 0 fully saturated rings. The van der Waals surface area contributed by atoms with Crippen LogP contribution in [0.5, 0.6) is 0 Å². The summed E-state index contributed by atoms with van der Waals surface area (Å²) < 4.78 is 0. The van der Waals surface area contributed by atoms with Crippen molar-refractivity contribution in [1.29, 1.82) is 0 Å². The first kappa shape index (κ1) is 27.9. The van der Waals surface area contributed by atoms with Crippen molar-refractivity contribution in [3.8, 4) is 44.9 Å². The maximum Gasteiger partial charge on any atom is 0.160 e. The number of benzene rings is 7. The van der Waals surface area contributed by atoms with Gasteiger partial charge in [0, 0.05) is 34.3 Å². The number of hydrogen-bond acceptors (Lipinski definition) is 3. The van der Waals surface area contributed by atoms with E-state index in [1.807, 2.05) is 18.5 Å². The van der Waals surface area contributed by atoms with E-state index in [0.717, 1.165) is 33.4 Å². The molecule has 0 bridgehead atoms. The maximum atomic E-state index is 5.39. The second-order valence-electron chi connectivity index (χ2n) is 13.6. The van der Waals surface area contributed by atoms with Gasteiger partial charge in [-0.05, 0) is 77.8 Å². The van der Waals surface area contributed by atoms with Crippen LogP contribution >= 0.6 is 0 Å². The van der Waals surface area contributed by atoms with Gasteiger partial charge in [0.1, 0.15) is 0 Å². The van der Waals surface area contributed by atoms with E-state index in [2.05, 4.69) is 157 Å². The Kier molecular flexibility index (Phi) is 5.92. The Labute approximate surface area is 284 Å². The molecule has 3 nitrogen and oxygen atoms in total. The maximum absolute atomic E-state index is 5.39. The van der Waals surface area contributed by atoms with Crippen molar-refractivity contribution in [2.24, 2.45) is 0 Å². The van der Waals surface area contributed by atoms with Gasteiger partial charge < -0.3 is 0 Å². The Balaban J connectivity index is 1.25. The van der Waals surface area contributed by atoms with Crippen LogP contribution in [0.3, 0.4) is 0 Å². The number of pyridine rings is 1. The molecule has 10 rings (SSSR count). The topological polar surface area (TPSA) is 38.7 Å². The number of nitrogens with zero attached hydrogens (tertiary/aromatic N) is 3. The van der Waals surface area contributed by atoms with E-state index in [9.17, 15) is 0 Å². The summed E-state index contributed by atoms with van der Waals surface area (Å²) in [5, 5.41) is 8.35. The summed E-state index contributed by atoms with van der Waals surface area (Å²) >= 11 is 0. The average molecular weight is 626 g/mol. The van der Waals surface area contributed by atoms with Gasteiger partial charge in [-0.1, -0.05) is 141 Å². The molecule has 0 saturated heterocycles. The van der Waals surface area contributed by atoms with Crippen LogP contribution in [0.4, 0.5) is 0 Å². The molecule has 1 aliphatic rings. The normalized spacial score (nSPS) is 13.3. The van der Waals surface area contributed by atoms with Crippen LogP contribution in [0.1, 0.15) is 25.0 Å². The summed E-state index contributed by atoms with van der Waals surface area (Å²) in [4.78, 5) is 14.7. The molecule has 3 heteroatoms. The third kappa shape index (κ3) is 3.99. The highest BCUT2D eigenvalue weighted by Gasteiger charge is 2.39. The molecule has 0 aliphatic heterocycles. The zero-order valence-electron chi connectivity index (χ0n) is 27.3. The summed E-state index contributed by atoms with van der Waals surface area (Å²) in [5.74, 6) is 0.742. The minimum Gasteiger partial charge on any atom is -0.247 e. The predicted molar refractivity (Wildman–Crippen MR) is 204 cm³/mol. The van der Waals surface area contributed by atoms with Gasteiger partial charge in [-0.2, -0.15) is 0 Å². The smallest absolute Gasteiger partial charge is 0.160 e. The second kappa shape index (κ2) is 10.4. The minimum absolute atomic E-state index is 0.209. The zero-order chi connectivity index (χ0) is 32.7. The fraction of sp³-hybridized carbons (Fsp3) is 0.0652. The van der Waals surface area contributed by atoms with E-state index in [0.29, 0.717) is 0 Å². The van der Waals surface area contributed by atoms with E-state index in [4.69, 9.17) is 4.98 Å². The Bertz CT molecular complexity index is 2720. The molecule has 0 radical (unpaired) electrons. The SMILES string of the molecule is CC1(C)c2ccccc2-c2nc3ccc4ccccc4c3c(-c3ccc(-c4c5ccccc5c(-c5ncccn5)c5ccccc45)cc3)c21. The standard InChI is InChI=1S/C46H31N3/c1-46(2)37-19-10-9-18-36(37)44-43(46)40(42-31-13-4-3-12-28(31)24-25-38(42)49-44)30-22-20-29(21-23-30)39-32-14-5-7-16-34(32)41(45-47-26-11-27-48-45)35-17-8-6-15-33(35)39/h3-27H,1-2H3. The largest absolute Gasteiger partial charge is 0.247 e. The van der Waals surface area contributed by atoms with Gasteiger partial charge in [0.2, 0.25) is 0 Å². The van der Waals surface area contributed by atoms with Crippen LogP contribution in [-0.2, 0) is 5.41 Å². The summed E-state index contributed by atoms with van der Waals surface area (Å²) in [7, 11) is 0. The minimum atomic E-state index is -0.209. The third-order valence-electron chi connectivity index (χ3n) is 10.5. The Morgan fingerprint density at radius 2 is 1.02 bits per heavy atom. The van der Waals surface area contributed by atoms with Gasteiger partial charge in [0.25, 0.3) is 0 Å². The number of fused-ring (bicyclic) bond motifs is 8. The summed E-state index contributed by atoms with van der Waals surface area (Å²) in [6.45, 7) is 4.70. The molecular formula is C46H31N3. The van der Waals surface area contributed by atoms with Crippen molar-refractivity contribution >= 4 is 43.2 Å². The molecule has 0 N–H and O–H groups in total. The van der Waals surface area contributed by atoms with Crippen molar-refractivity contribution in [1.82, 2.24) is 15.0 Å². The van der Waals surface area contributed by atoms with E-state index in [1.165, 1.54) is 65.9 Å². The predicted octanol–water partition coefficient (Wildman–Crippen LogP) is 11.8. The number of rotatable bonds is 3. The van der Waals surface area contributed by atoms with Crippen LogP contribution < -0.4 is 0 Å². The van der Waals surface area contributed by atoms with Crippen molar-refractivity contribution in [2.75, 3.05) is 0 Å². The molecule has 0 unspecified atom stereocenters. The van der Waals surface area contributed by atoms with E-state index < -0.39 is 0 Å². The van der Waals surface area contributed by atoms with Crippen molar-refractivity contribution in [3.05, 3.63) is 163 Å². The van der Waals surface area contributed by atoms with Crippen LogP contribution in [0.25, 0.3) is 88.1 Å². The molecule has 2 aromatic heterocycles. The van der Waals surface area contributed by atoms with Crippen molar-refractivity contribution in [2.45, 2.75) is 19.3 Å². The van der Waals surface area contributed by atoms with Crippen molar-refractivity contribution in [3.63, 3.8) is 0 Å². The fourth-order valence-corrected chi connectivity index (χ4v) is 8.41. The molecule has 49 heavy (non-hydrogen) atoms. The first-order valence-electron chi connectivity index (χ1n) is 16.9. The van der Waals surface area contributed by atoms with Gasteiger partial charge >= 0.3 is 0 Å². The highest BCUT2D eigenvalue weighted by Crippen LogP contribution is 2.54. The quantitative estimate of drug-likeness (QED) is 0.145. The summed E-state index contributed by atoms with van der Waals surface area (Å²) in [5.41, 5.74) is 11.7. The van der Waals surface area contributed by atoms with Crippen LogP contribution in [0.2, 0.25) is 0 Å². The first-order chi connectivity index (χ1) is 24.1. The lowest BCUT2D eigenvalue weighted by Gasteiger charge is -2.26. The van der Waals surface area contributed by atoms with Gasteiger partial charge in [0.05, 0.1) is 11.2 Å². The van der Waals surface area contributed by atoms with E-state index in [1.54, 1.807) is 0 Å². The molecule has 7 aromatic carbocycles. The molecule has 230 valence electrons. The van der Waals surface area contributed by atoms with Crippen LogP contribution in [0.15, 0.2) is 152 Å². The Morgan fingerprint density at radius 1 is 0.469 bits per heavy atom. The Morgan fingerprint density at radius 3 is 1.69 bits per heavy atom. The lowest BCUT2D eigenvalue weighted by Crippen LogP contribution is -2.16. The molecule has 0 atom stereocenters. The van der Waals surface area contributed by atoms with Gasteiger partial charge in [-0.25, -0.2) is 15.0 Å². The molecule has 1 aliphatic carbocycles. The van der Waals surface area contributed by atoms with Crippen LogP contribution in [-0.4, -0.2) is 15.0 Å². The first-order valence-corrected chi connectivity index (χ1v) is 16.9. The highest BCUT2D eigenvalue weighted by molar-refractivity contribution is 6.21. The molecule has 9 aromatic rings. The Hall–Kier alpha value is -6.19. The van der Waals surface area contributed by atoms with Gasteiger partial charge in [-0.3, -0.25) is 0 Å². The monoisotopic (exact) mass is 625 g/mol. The zero-order valence-corrected chi connectivity index (χ0v) is 27.3. The third-order valence-corrected chi connectivity index (χ3v) is 10.5. The lowest BCUT2D eigenvalue weighted by molar-refractivity contribution is 0.662. The highest BCUT2D eigenvalue weighted by atomic mass is 14.9. The molecule has 0 saturated carbocycles. The van der Waals surface area contributed by atoms with Gasteiger partial charge in [0.15, 0.2) is 5.82 Å². The van der Waals surface area contributed by atoms with Crippen molar-refractivity contribution < 1.29 is 0 Å². The number of aromatic nitrogens is 3. The molecular weight excluding hydrogens is 595 g/mol. The van der Waals surface area contributed by atoms with Gasteiger partial charge in [-0.15, -0.1) is 0 Å². The summed E-state index contributed by atoms with van der Waals surface area (Å²) in [6, 6.07) is 50.3. The van der Waals surface area contributed by atoms with E-state index >= 15 is 0 Å². The number of hydrogen-bond donors (Lipinski definition) is 0. The molecule has 0 amide bonds. The van der Waals surface area contributed by atoms with Crippen LogP contribution in [0, 0.1) is 0 Å². The second-order valence-corrected chi connectivity index (χ2v) is 13.6. The lowest BCUT2D eigenvalue weighted by atomic mass is 9.77. The average Bonchev–Trinajstić information content (AvgIpc) is 3.39. The van der Waals surface area contributed by atoms with E-state index in [-0.39, 0.29) is 5.41 Å². The summed E-state index contributed by atoms with van der Waals surface area (Å²) in [6.07, 6.45) is 3.64. The molecule has 2 heterocycles. The fourth-order valence-electron chi connectivity index (χ4n) is 8.41. The molecule has 0 spiro atoms.